The maximum Gasteiger partial charge on any atom is 0.104 e. The lowest BCUT2D eigenvalue weighted by atomic mass is 10.3. The Kier molecular flexibility index (Phi) is 5.93. The van der Waals surface area contributed by atoms with E-state index in [-0.39, 0.29) is 0 Å². The van der Waals surface area contributed by atoms with E-state index >= 15 is 0 Å². The molecular formula is C6H15N2O. The zero-order chi connectivity index (χ0) is 7.11. The van der Waals surface area contributed by atoms with E-state index in [1.54, 1.807) is 0 Å². The first-order valence-electron chi connectivity index (χ1n) is 3.22. The van der Waals surface area contributed by atoms with Crippen LogP contribution in [0, 0.1) is 6.92 Å². The van der Waals surface area contributed by atoms with Crippen molar-refractivity contribution in [3.63, 3.8) is 0 Å². The summed E-state index contributed by atoms with van der Waals surface area (Å²) >= 11 is 0. The van der Waals surface area contributed by atoms with E-state index in [1.807, 2.05) is 0 Å². The molecule has 4 N–H and O–H groups in total. The lowest BCUT2D eigenvalue weighted by molar-refractivity contribution is 0.130. The van der Waals surface area contributed by atoms with Gasteiger partial charge in [-0.3, -0.25) is 5.32 Å². The highest BCUT2D eigenvalue weighted by atomic mass is 16.3. The van der Waals surface area contributed by atoms with Gasteiger partial charge in [-0.15, -0.1) is 0 Å². The molecule has 0 aliphatic heterocycles. The van der Waals surface area contributed by atoms with Crippen molar-refractivity contribution in [2.75, 3.05) is 13.1 Å². The molecular weight excluding hydrogens is 116 g/mol. The Hall–Kier alpha value is -0.120. The third-order valence-electron chi connectivity index (χ3n) is 1.00. The lowest BCUT2D eigenvalue weighted by Gasteiger charge is -2.09. The van der Waals surface area contributed by atoms with Crippen molar-refractivity contribution in [2.24, 2.45) is 5.73 Å². The van der Waals surface area contributed by atoms with Gasteiger partial charge in [-0.05, 0) is 12.8 Å². The van der Waals surface area contributed by atoms with Crippen LogP contribution < -0.4 is 11.1 Å². The van der Waals surface area contributed by atoms with Gasteiger partial charge in [0.15, 0.2) is 0 Å². The summed E-state index contributed by atoms with van der Waals surface area (Å²) in [6.07, 6.45) is 1.02. The number of rotatable bonds is 5. The molecule has 9 heavy (non-hydrogen) atoms. The molecule has 0 aliphatic carbocycles. The normalized spacial score (nSPS) is 13.7. The summed E-state index contributed by atoms with van der Waals surface area (Å²) in [6.45, 7) is 4.83. The molecule has 0 amide bonds. The zero-order valence-corrected chi connectivity index (χ0v) is 5.64. The molecule has 0 saturated heterocycles. The van der Waals surface area contributed by atoms with Crippen LogP contribution >= 0.6 is 0 Å². The second-order valence-electron chi connectivity index (χ2n) is 1.90. The monoisotopic (exact) mass is 131 g/mol. The van der Waals surface area contributed by atoms with Gasteiger partial charge in [-0.2, -0.15) is 0 Å². The Bertz CT molecular complexity index is 59.0. The predicted molar refractivity (Wildman–Crippen MR) is 37.7 cm³/mol. The fraction of sp³-hybridized carbons (Fsp3) is 0.833. The standard InChI is InChI=1S/C6H15N2O/c1-2-3-6(9)8-5-4-7/h6,8-9H,1-5,7H2. The first-order valence-corrected chi connectivity index (χ1v) is 3.22. The molecule has 55 valence electrons. The quantitative estimate of drug-likeness (QED) is 0.439. The lowest BCUT2D eigenvalue weighted by Crippen LogP contribution is -2.32. The van der Waals surface area contributed by atoms with Gasteiger partial charge < -0.3 is 10.8 Å². The highest BCUT2D eigenvalue weighted by Gasteiger charge is 1.97. The second kappa shape index (κ2) is 6.01. The smallest absolute Gasteiger partial charge is 0.104 e. The number of hydrogen-bond donors (Lipinski definition) is 3. The van der Waals surface area contributed by atoms with Gasteiger partial charge in [-0.25, -0.2) is 0 Å². The third-order valence-corrected chi connectivity index (χ3v) is 1.00. The number of aliphatic hydroxyl groups is 1. The zero-order valence-electron chi connectivity index (χ0n) is 5.64. The third kappa shape index (κ3) is 5.76. The summed E-state index contributed by atoms with van der Waals surface area (Å²) in [6, 6.07) is 0. The van der Waals surface area contributed by atoms with Crippen molar-refractivity contribution in [1.82, 2.24) is 5.32 Å². The van der Waals surface area contributed by atoms with Crippen molar-refractivity contribution in [2.45, 2.75) is 19.1 Å². The van der Waals surface area contributed by atoms with E-state index in [0.29, 0.717) is 19.5 Å². The van der Waals surface area contributed by atoms with Gasteiger partial charge >= 0.3 is 0 Å². The minimum atomic E-state index is -0.425. The highest BCUT2D eigenvalue weighted by molar-refractivity contribution is 4.54. The molecule has 1 radical (unpaired) electrons. The Labute approximate surface area is 56.2 Å². The number of nitrogens with two attached hydrogens (primary N) is 1. The average molecular weight is 131 g/mol. The summed E-state index contributed by atoms with van der Waals surface area (Å²) in [5.74, 6) is 0. The summed E-state index contributed by atoms with van der Waals surface area (Å²) < 4.78 is 0. The molecule has 0 aromatic heterocycles. The average Bonchev–Trinajstić information content (AvgIpc) is 1.85. The molecule has 0 spiro atoms. The maximum atomic E-state index is 8.97. The molecule has 0 aliphatic rings. The van der Waals surface area contributed by atoms with E-state index in [2.05, 4.69) is 12.2 Å². The van der Waals surface area contributed by atoms with Crippen LogP contribution in [0.15, 0.2) is 0 Å². The van der Waals surface area contributed by atoms with Crippen LogP contribution in [0.25, 0.3) is 0 Å². The Morgan fingerprint density at radius 1 is 1.67 bits per heavy atom. The van der Waals surface area contributed by atoms with Crippen LogP contribution in [-0.2, 0) is 0 Å². The van der Waals surface area contributed by atoms with E-state index in [0.717, 1.165) is 6.42 Å². The summed E-state index contributed by atoms with van der Waals surface area (Å²) in [7, 11) is 0. The topological polar surface area (TPSA) is 58.3 Å². The summed E-state index contributed by atoms with van der Waals surface area (Å²) in [4.78, 5) is 0. The van der Waals surface area contributed by atoms with Crippen LogP contribution in [0.3, 0.4) is 0 Å². The Morgan fingerprint density at radius 2 is 2.33 bits per heavy atom. The van der Waals surface area contributed by atoms with Crippen LogP contribution in [0.4, 0.5) is 0 Å². The predicted octanol–water partition coefficient (Wildman–Crippen LogP) is -0.533. The Morgan fingerprint density at radius 3 is 2.78 bits per heavy atom. The SMILES string of the molecule is [CH2]CCC(O)NCCN. The van der Waals surface area contributed by atoms with Gasteiger partial charge in [0, 0.05) is 13.1 Å². The first-order chi connectivity index (χ1) is 4.31. The van der Waals surface area contributed by atoms with Crippen LogP contribution in [0.5, 0.6) is 0 Å². The molecule has 0 bridgehead atoms. The molecule has 1 atom stereocenters. The molecule has 1 unspecified atom stereocenters. The molecule has 0 rings (SSSR count). The van der Waals surface area contributed by atoms with E-state index < -0.39 is 6.23 Å². The van der Waals surface area contributed by atoms with Gasteiger partial charge in [0.1, 0.15) is 6.23 Å². The van der Waals surface area contributed by atoms with Crippen molar-refractivity contribution in [3.8, 4) is 0 Å². The van der Waals surface area contributed by atoms with Crippen molar-refractivity contribution in [3.05, 3.63) is 6.92 Å². The van der Waals surface area contributed by atoms with Crippen molar-refractivity contribution >= 4 is 0 Å². The largest absolute Gasteiger partial charge is 0.379 e. The van der Waals surface area contributed by atoms with Crippen LogP contribution in [0.2, 0.25) is 0 Å². The molecule has 0 aromatic rings. The van der Waals surface area contributed by atoms with Crippen molar-refractivity contribution < 1.29 is 5.11 Å². The van der Waals surface area contributed by atoms with E-state index in [9.17, 15) is 0 Å². The molecule has 0 saturated carbocycles. The van der Waals surface area contributed by atoms with Gasteiger partial charge in [-0.1, -0.05) is 6.92 Å². The molecule has 0 fully saturated rings. The molecule has 3 nitrogen and oxygen atoms in total. The molecule has 0 heterocycles. The summed E-state index contributed by atoms with van der Waals surface area (Å²) in [5, 5.41) is 11.8. The maximum absolute atomic E-state index is 8.97. The number of aliphatic hydroxyl groups excluding tert-OH is 1. The second-order valence-corrected chi connectivity index (χ2v) is 1.90. The fourth-order valence-electron chi connectivity index (χ4n) is 0.545. The number of nitrogens with one attached hydrogen (secondary N) is 1. The van der Waals surface area contributed by atoms with E-state index in [1.165, 1.54) is 0 Å². The van der Waals surface area contributed by atoms with Crippen LogP contribution in [0.1, 0.15) is 12.8 Å². The van der Waals surface area contributed by atoms with E-state index in [4.69, 9.17) is 10.8 Å². The summed E-state index contributed by atoms with van der Waals surface area (Å²) in [5.41, 5.74) is 5.18. The molecule has 3 heteroatoms. The first kappa shape index (κ1) is 8.88. The fourth-order valence-corrected chi connectivity index (χ4v) is 0.545. The van der Waals surface area contributed by atoms with Gasteiger partial charge in [0.05, 0.1) is 0 Å². The van der Waals surface area contributed by atoms with Crippen molar-refractivity contribution in [1.29, 1.82) is 0 Å². The molecule has 0 aromatic carbocycles. The minimum Gasteiger partial charge on any atom is -0.379 e. The number of hydrogen-bond acceptors (Lipinski definition) is 3. The minimum absolute atomic E-state index is 0.425. The Balaban J connectivity index is 2.95. The van der Waals surface area contributed by atoms with Gasteiger partial charge in [0.2, 0.25) is 0 Å². The highest BCUT2D eigenvalue weighted by Crippen LogP contribution is 1.89. The van der Waals surface area contributed by atoms with Gasteiger partial charge in [0.25, 0.3) is 0 Å². The van der Waals surface area contributed by atoms with Crippen LogP contribution in [-0.4, -0.2) is 24.4 Å².